The molecule has 3 fully saturated rings. The molecular weight excluding hydrogens is 406 g/mol. The number of anilines is 1. The number of carbonyl (C=O) groups excluding carboxylic acids is 4. The molecule has 4 aliphatic carbocycles. The van der Waals surface area contributed by atoms with Crippen LogP contribution < -0.4 is 9.64 Å². The number of hydrogen-bond acceptors (Lipinski definition) is 5. The van der Waals surface area contributed by atoms with Gasteiger partial charge < -0.3 is 4.74 Å². The molecule has 7 rings (SSSR count). The number of hydrogen-bond donors (Lipinski definition) is 0. The molecule has 2 bridgehead atoms. The van der Waals surface area contributed by atoms with Gasteiger partial charge >= 0.3 is 5.97 Å². The van der Waals surface area contributed by atoms with Crippen LogP contribution in [0.25, 0.3) is 0 Å². The normalized spacial score (nSPS) is 31.3. The van der Waals surface area contributed by atoms with Crippen molar-refractivity contribution in [1.82, 2.24) is 0 Å². The Morgan fingerprint density at radius 3 is 2.09 bits per heavy atom. The maximum atomic E-state index is 13.2. The molecule has 1 heterocycles. The van der Waals surface area contributed by atoms with E-state index in [1.54, 1.807) is 42.5 Å². The minimum Gasteiger partial charge on any atom is -0.423 e. The van der Waals surface area contributed by atoms with Crippen LogP contribution in [0.3, 0.4) is 0 Å². The standard InChI is InChI=1S/C26H21NO5/c1-13(28)15-3-2-4-17(11-15)32-26(31)14-5-7-16(8-6-14)27-24(29)22-18-9-10-19(21-12-20(18)21)23(22)25(27)30/h2-11,18-23H,12H2,1H3/t18-,19-,20-,21+,22-,23+/m0/s1. The van der Waals surface area contributed by atoms with Crippen LogP contribution in [-0.4, -0.2) is 23.6 Å². The molecule has 0 radical (unpaired) electrons. The third kappa shape index (κ3) is 2.72. The van der Waals surface area contributed by atoms with E-state index in [4.69, 9.17) is 4.74 Å². The molecule has 2 aromatic rings. The van der Waals surface area contributed by atoms with Crippen molar-refractivity contribution in [3.05, 3.63) is 71.8 Å². The topological polar surface area (TPSA) is 80.8 Å². The van der Waals surface area contributed by atoms with E-state index in [-0.39, 0.29) is 47.0 Å². The first-order chi connectivity index (χ1) is 15.4. The van der Waals surface area contributed by atoms with E-state index >= 15 is 0 Å². The highest BCUT2D eigenvalue weighted by Gasteiger charge is 2.67. The molecule has 32 heavy (non-hydrogen) atoms. The summed E-state index contributed by atoms with van der Waals surface area (Å²) >= 11 is 0. The summed E-state index contributed by atoms with van der Waals surface area (Å²) < 4.78 is 5.38. The van der Waals surface area contributed by atoms with Crippen molar-refractivity contribution in [2.45, 2.75) is 13.3 Å². The number of nitrogens with zero attached hydrogens (tertiary/aromatic N) is 1. The molecule has 1 saturated heterocycles. The lowest BCUT2D eigenvalue weighted by Gasteiger charge is -2.37. The molecular formula is C26H21NO5. The summed E-state index contributed by atoms with van der Waals surface area (Å²) in [6.07, 6.45) is 5.42. The number of ketones is 1. The maximum absolute atomic E-state index is 13.2. The number of Topliss-reactive ketones (excluding diaryl/α,β-unsaturated/α-hetero) is 1. The molecule has 160 valence electrons. The molecule has 2 saturated carbocycles. The number of rotatable bonds is 4. The van der Waals surface area contributed by atoms with Gasteiger partial charge in [-0.3, -0.25) is 19.3 Å². The zero-order chi connectivity index (χ0) is 22.1. The molecule has 1 aliphatic heterocycles. The molecule has 0 unspecified atom stereocenters. The van der Waals surface area contributed by atoms with Crippen molar-refractivity contribution in [1.29, 1.82) is 0 Å². The minimum atomic E-state index is -0.577. The van der Waals surface area contributed by atoms with Gasteiger partial charge in [0.1, 0.15) is 5.75 Å². The van der Waals surface area contributed by atoms with Crippen molar-refractivity contribution < 1.29 is 23.9 Å². The molecule has 6 atom stereocenters. The quantitative estimate of drug-likeness (QED) is 0.245. The summed E-state index contributed by atoms with van der Waals surface area (Å²) in [6.45, 7) is 1.45. The zero-order valence-electron chi connectivity index (χ0n) is 17.4. The van der Waals surface area contributed by atoms with Gasteiger partial charge in [0.25, 0.3) is 0 Å². The second-order valence-corrected chi connectivity index (χ2v) is 9.19. The number of allylic oxidation sites excluding steroid dienone is 2. The minimum absolute atomic E-state index is 0.117. The Labute approximate surface area is 184 Å². The van der Waals surface area contributed by atoms with Gasteiger partial charge in [0.2, 0.25) is 11.8 Å². The Hall–Kier alpha value is -3.54. The van der Waals surface area contributed by atoms with Gasteiger partial charge in [0.05, 0.1) is 23.1 Å². The van der Waals surface area contributed by atoms with Gasteiger partial charge in [0.15, 0.2) is 5.78 Å². The third-order valence-electron chi connectivity index (χ3n) is 7.48. The Morgan fingerprint density at radius 2 is 1.50 bits per heavy atom. The number of benzene rings is 2. The van der Waals surface area contributed by atoms with Crippen LogP contribution in [-0.2, 0) is 9.59 Å². The first-order valence-electron chi connectivity index (χ1n) is 10.9. The van der Waals surface area contributed by atoms with Crippen LogP contribution in [0, 0.1) is 35.5 Å². The summed E-state index contributed by atoms with van der Waals surface area (Å²) in [6, 6.07) is 12.8. The van der Waals surface area contributed by atoms with Crippen LogP contribution in [0.4, 0.5) is 5.69 Å². The third-order valence-corrected chi connectivity index (χ3v) is 7.48. The van der Waals surface area contributed by atoms with Crippen LogP contribution in [0.1, 0.15) is 34.1 Å². The van der Waals surface area contributed by atoms with E-state index in [0.717, 1.165) is 6.42 Å². The molecule has 2 amide bonds. The van der Waals surface area contributed by atoms with Gasteiger partial charge in [-0.15, -0.1) is 0 Å². The number of ether oxygens (including phenoxy) is 1. The molecule has 6 heteroatoms. The van der Waals surface area contributed by atoms with E-state index in [9.17, 15) is 19.2 Å². The Balaban J connectivity index is 1.21. The Kier molecular flexibility index (Phi) is 4.03. The van der Waals surface area contributed by atoms with Crippen LogP contribution in [0.2, 0.25) is 0 Å². The lowest BCUT2D eigenvalue weighted by molar-refractivity contribution is -0.124. The van der Waals surface area contributed by atoms with Crippen molar-refractivity contribution >= 4 is 29.3 Å². The lowest BCUT2D eigenvalue weighted by atomic mass is 9.63. The predicted octanol–water partition coefficient (Wildman–Crippen LogP) is 3.67. The smallest absolute Gasteiger partial charge is 0.343 e. The van der Waals surface area contributed by atoms with Crippen molar-refractivity contribution in [3.8, 4) is 5.75 Å². The largest absolute Gasteiger partial charge is 0.423 e. The Bertz CT molecular complexity index is 1180. The monoisotopic (exact) mass is 427 g/mol. The van der Waals surface area contributed by atoms with Crippen molar-refractivity contribution in [2.75, 3.05) is 4.90 Å². The average Bonchev–Trinajstić information content (AvgIpc) is 3.57. The molecule has 5 aliphatic rings. The number of imide groups is 1. The molecule has 0 spiro atoms. The number of esters is 1. The first kappa shape index (κ1) is 19.2. The van der Waals surface area contributed by atoms with E-state index in [1.807, 2.05) is 0 Å². The highest BCUT2D eigenvalue weighted by Crippen LogP contribution is 2.65. The van der Waals surface area contributed by atoms with Crippen molar-refractivity contribution in [3.63, 3.8) is 0 Å². The summed E-state index contributed by atoms with van der Waals surface area (Å²) in [5.41, 5.74) is 1.23. The number of amides is 2. The Morgan fingerprint density at radius 1 is 0.875 bits per heavy atom. The summed E-state index contributed by atoms with van der Waals surface area (Å²) in [5, 5.41) is 0. The van der Waals surface area contributed by atoms with Gasteiger partial charge in [0, 0.05) is 5.56 Å². The van der Waals surface area contributed by atoms with Crippen LogP contribution in [0.15, 0.2) is 60.7 Å². The van der Waals surface area contributed by atoms with Gasteiger partial charge in [-0.25, -0.2) is 4.79 Å². The highest BCUT2D eigenvalue weighted by molar-refractivity contribution is 6.22. The first-order valence-corrected chi connectivity index (χ1v) is 10.9. The second kappa shape index (κ2) is 6.73. The maximum Gasteiger partial charge on any atom is 0.343 e. The summed E-state index contributed by atoms with van der Waals surface area (Å²) in [7, 11) is 0. The number of carbonyl (C=O) groups is 4. The highest BCUT2D eigenvalue weighted by atomic mass is 16.5. The average molecular weight is 427 g/mol. The van der Waals surface area contributed by atoms with Crippen LogP contribution >= 0.6 is 0 Å². The van der Waals surface area contributed by atoms with E-state index < -0.39 is 5.97 Å². The van der Waals surface area contributed by atoms with E-state index in [0.29, 0.717) is 28.7 Å². The van der Waals surface area contributed by atoms with Crippen LogP contribution in [0.5, 0.6) is 5.75 Å². The van der Waals surface area contributed by atoms with Gasteiger partial charge in [-0.05, 0) is 73.4 Å². The fraction of sp³-hybridized carbons (Fsp3) is 0.308. The SMILES string of the molecule is CC(=O)c1cccc(OC(=O)c2ccc(N3C(=O)[C@@H]4[C@H]5C=C[C@@H]([C@@H]6C[C@H]56)[C@@H]4C3=O)cc2)c1. The zero-order valence-corrected chi connectivity index (χ0v) is 17.4. The predicted molar refractivity (Wildman–Crippen MR) is 115 cm³/mol. The fourth-order valence-corrected chi connectivity index (χ4v) is 5.90. The molecule has 0 aromatic heterocycles. The lowest BCUT2D eigenvalue weighted by Crippen LogP contribution is -2.40. The fourth-order valence-electron chi connectivity index (χ4n) is 5.90. The summed E-state index contributed by atoms with van der Waals surface area (Å²) in [4.78, 5) is 51.8. The van der Waals surface area contributed by atoms with Gasteiger partial charge in [-0.2, -0.15) is 0 Å². The summed E-state index contributed by atoms with van der Waals surface area (Å²) in [5.74, 6) is 0.306. The van der Waals surface area contributed by atoms with E-state index in [2.05, 4.69) is 12.2 Å². The molecule has 6 nitrogen and oxygen atoms in total. The van der Waals surface area contributed by atoms with Gasteiger partial charge in [-0.1, -0.05) is 24.3 Å². The second-order valence-electron chi connectivity index (χ2n) is 9.19. The van der Waals surface area contributed by atoms with E-state index in [1.165, 1.54) is 17.9 Å². The van der Waals surface area contributed by atoms with Crippen molar-refractivity contribution in [2.24, 2.45) is 35.5 Å². The molecule has 0 N–H and O–H groups in total. The molecule has 2 aromatic carbocycles.